The van der Waals surface area contributed by atoms with Gasteiger partial charge in [0, 0.05) is 6.42 Å². The van der Waals surface area contributed by atoms with Crippen LogP contribution in [0.5, 0.6) is 0 Å². The van der Waals surface area contributed by atoms with E-state index in [0.29, 0.717) is 12.8 Å². The molecule has 0 fully saturated rings. The molecule has 65 heavy (non-hydrogen) atoms. The molecule has 0 heterocycles. The van der Waals surface area contributed by atoms with Gasteiger partial charge in [0.2, 0.25) is 5.91 Å². The van der Waals surface area contributed by atoms with Crippen LogP contribution in [0.15, 0.2) is 0 Å². The van der Waals surface area contributed by atoms with Gasteiger partial charge in [-0.05, 0) is 12.8 Å². The second-order valence-corrected chi connectivity index (χ2v) is 21.3. The number of aliphatic hydroxyl groups is 3. The summed E-state index contributed by atoms with van der Waals surface area (Å²) in [6.07, 6.45) is 68.5. The van der Waals surface area contributed by atoms with E-state index < -0.39 is 18.2 Å². The predicted molar refractivity (Wildman–Crippen MR) is 287 cm³/mol. The molecule has 0 aromatic heterocycles. The van der Waals surface area contributed by atoms with Gasteiger partial charge >= 0.3 is 0 Å². The van der Waals surface area contributed by atoms with E-state index in [4.69, 9.17) is 0 Å². The zero-order valence-corrected chi connectivity index (χ0v) is 44.7. The zero-order valence-electron chi connectivity index (χ0n) is 44.7. The molecule has 0 aromatic rings. The highest BCUT2D eigenvalue weighted by molar-refractivity contribution is 5.76. The number of carbonyl (C=O) groups excluding carboxylic acids is 1. The lowest BCUT2D eigenvalue weighted by molar-refractivity contribution is -0.124. The van der Waals surface area contributed by atoms with Crippen molar-refractivity contribution in [3.05, 3.63) is 0 Å². The van der Waals surface area contributed by atoms with Gasteiger partial charge in [0.15, 0.2) is 0 Å². The number of hydrogen-bond acceptors (Lipinski definition) is 4. The Hall–Kier alpha value is -0.650. The van der Waals surface area contributed by atoms with Crippen molar-refractivity contribution in [2.45, 2.75) is 372 Å². The van der Waals surface area contributed by atoms with Crippen LogP contribution in [0.4, 0.5) is 0 Å². The minimum atomic E-state index is -1.13. The summed E-state index contributed by atoms with van der Waals surface area (Å²) >= 11 is 0. The van der Waals surface area contributed by atoms with Crippen molar-refractivity contribution in [3.8, 4) is 0 Å². The molecule has 0 aliphatic carbocycles. The number of rotatable bonds is 57. The van der Waals surface area contributed by atoms with Crippen LogP contribution >= 0.6 is 0 Å². The first-order valence-electron chi connectivity index (χ1n) is 30.3. The van der Waals surface area contributed by atoms with Gasteiger partial charge in [-0.1, -0.05) is 335 Å². The Morgan fingerprint density at radius 3 is 0.738 bits per heavy atom. The van der Waals surface area contributed by atoms with E-state index in [1.165, 1.54) is 295 Å². The van der Waals surface area contributed by atoms with Gasteiger partial charge in [-0.3, -0.25) is 4.79 Å². The Labute approximate surface area is 408 Å². The van der Waals surface area contributed by atoms with Crippen LogP contribution in [0.3, 0.4) is 0 Å². The molecule has 390 valence electrons. The second kappa shape index (κ2) is 55.9. The van der Waals surface area contributed by atoms with Crippen LogP contribution in [-0.4, -0.2) is 46.1 Å². The molecule has 0 aliphatic heterocycles. The van der Waals surface area contributed by atoms with Gasteiger partial charge < -0.3 is 20.6 Å². The van der Waals surface area contributed by atoms with Crippen molar-refractivity contribution in [1.29, 1.82) is 0 Å². The third-order valence-corrected chi connectivity index (χ3v) is 14.7. The lowest BCUT2D eigenvalue weighted by Crippen LogP contribution is -2.50. The lowest BCUT2D eigenvalue weighted by Gasteiger charge is -2.26. The van der Waals surface area contributed by atoms with Gasteiger partial charge in [0.1, 0.15) is 6.10 Å². The lowest BCUT2D eigenvalue weighted by atomic mass is 9.99. The second-order valence-electron chi connectivity index (χ2n) is 21.3. The highest BCUT2D eigenvalue weighted by Gasteiger charge is 2.26. The third-order valence-electron chi connectivity index (χ3n) is 14.7. The molecule has 3 unspecified atom stereocenters. The van der Waals surface area contributed by atoms with Crippen molar-refractivity contribution in [2.75, 3.05) is 6.61 Å². The predicted octanol–water partition coefficient (Wildman–Crippen LogP) is 18.9. The van der Waals surface area contributed by atoms with Crippen LogP contribution in [-0.2, 0) is 4.79 Å². The van der Waals surface area contributed by atoms with E-state index in [1.54, 1.807) is 0 Å². The highest BCUT2D eigenvalue weighted by Crippen LogP contribution is 2.19. The summed E-state index contributed by atoms with van der Waals surface area (Å²) in [6.45, 7) is 4.23. The van der Waals surface area contributed by atoms with Crippen molar-refractivity contribution in [2.24, 2.45) is 0 Å². The van der Waals surface area contributed by atoms with Crippen LogP contribution in [0.1, 0.15) is 354 Å². The van der Waals surface area contributed by atoms with Crippen molar-refractivity contribution < 1.29 is 20.1 Å². The molecule has 0 saturated carbocycles. The molecular weight excluding hydrogens is 799 g/mol. The van der Waals surface area contributed by atoms with Crippen molar-refractivity contribution >= 4 is 5.91 Å². The van der Waals surface area contributed by atoms with Crippen LogP contribution in [0, 0.1) is 0 Å². The molecule has 0 aliphatic rings. The summed E-state index contributed by atoms with van der Waals surface area (Å²) in [5.74, 6) is -0.135. The first-order valence-corrected chi connectivity index (χ1v) is 30.3. The fourth-order valence-electron chi connectivity index (χ4n) is 10.1. The van der Waals surface area contributed by atoms with Gasteiger partial charge in [0.25, 0.3) is 0 Å². The molecule has 0 saturated heterocycles. The summed E-state index contributed by atoms with van der Waals surface area (Å²) in [5, 5.41) is 33.9. The monoisotopic (exact) mass is 920 g/mol. The van der Waals surface area contributed by atoms with E-state index in [0.717, 1.165) is 32.1 Å². The number of amides is 1. The first kappa shape index (κ1) is 64.3. The number of hydrogen-bond donors (Lipinski definition) is 4. The normalized spacial score (nSPS) is 13.1. The Balaban J connectivity index is 3.46. The van der Waals surface area contributed by atoms with Crippen LogP contribution in [0.2, 0.25) is 0 Å². The quantitative estimate of drug-likeness (QED) is 0.0458. The van der Waals surface area contributed by atoms with Crippen LogP contribution < -0.4 is 5.32 Å². The van der Waals surface area contributed by atoms with Crippen LogP contribution in [0.25, 0.3) is 0 Å². The van der Waals surface area contributed by atoms with Gasteiger partial charge in [-0.15, -0.1) is 0 Å². The zero-order chi connectivity index (χ0) is 47.2. The molecule has 0 spiro atoms. The van der Waals surface area contributed by atoms with E-state index in [1.807, 2.05) is 0 Å². The molecule has 5 nitrogen and oxygen atoms in total. The number of aliphatic hydroxyl groups excluding tert-OH is 3. The maximum absolute atomic E-state index is 12.5. The number of nitrogens with one attached hydrogen (secondary N) is 1. The SMILES string of the molecule is CCCCCCCCCCCCCCCCCCCCCCCCCCCCCCCC(=O)NC(CO)C(O)C(O)CCCCCCCCCCCCCCCCCCCCCCCC. The molecule has 3 atom stereocenters. The molecule has 0 bridgehead atoms. The summed E-state index contributed by atoms with van der Waals surface area (Å²) < 4.78 is 0. The molecule has 5 heteroatoms. The average Bonchev–Trinajstić information content (AvgIpc) is 3.31. The van der Waals surface area contributed by atoms with Gasteiger partial charge in [0.05, 0.1) is 18.8 Å². The molecule has 0 aromatic carbocycles. The van der Waals surface area contributed by atoms with Crippen molar-refractivity contribution in [1.82, 2.24) is 5.32 Å². The van der Waals surface area contributed by atoms with E-state index in [2.05, 4.69) is 19.2 Å². The fourth-order valence-corrected chi connectivity index (χ4v) is 10.1. The average molecular weight is 921 g/mol. The smallest absolute Gasteiger partial charge is 0.220 e. The Kier molecular flexibility index (Phi) is 55.4. The molecule has 0 rings (SSSR count). The summed E-state index contributed by atoms with van der Waals surface area (Å²) in [7, 11) is 0. The van der Waals surface area contributed by atoms with Gasteiger partial charge in [-0.25, -0.2) is 0 Å². The molecule has 0 radical (unpaired) electrons. The van der Waals surface area contributed by atoms with E-state index in [-0.39, 0.29) is 12.5 Å². The Bertz CT molecular complexity index is 883. The Morgan fingerprint density at radius 2 is 0.523 bits per heavy atom. The molecular formula is C60H121NO4. The van der Waals surface area contributed by atoms with Crippen molar-refractivity contribution in [3.63, 3.8) is 0 Å². The standard InChI is InChI=1S/C60H121NO4/c1-3-5-7-9-11-13-15-17-19-21-23-25-27-28-29-30-31-32-33-35-37-39-41-43-45-47-49-51-53-55-59(64)61-57(56-62)60(65)58(63)54-52-50-48-46-44-42-40-38-36-34-26-24-22-20-18-16-14-12-10-8-6-4-2/h57-58,60,62-63,65H,3-56H2,1-2H3,(H,61,64). The first-order chi connectivity index (χ1) is 32.1. The number of unbranched alkanes of at least 4 members (excludes halogenated alkanes) is 49. The Morgan fingerprint density at radius 1 is 0.323 bits per heavy atom. The maximum atomic E-state index is 12.5. The third kappa shape index (κ3) is 51.0. The topological polar surface area (TPSA) is 89.8 Å². The summed E-state index contributed by atoms with van der Waals surface area (Å²) in [4.78, 5) is 12.5. The van der Waals surface area contributed by atoms with E-state index in [9.17, 15) is 20.1 Å². The largest absolute Gasteiger partial charge is 0.394 e. The number of carbonyl (C=O) groups is 1. The minimum Gasteiger partial charge on any atom is -0.394 e. The molecule has 1 amide bonds. The fraction of sp³-hybridized carbons (Fsp3) is 0.983. The summed E-state index contributed by atoms with van der Waals surface area (Å²) in [6, 6.07) is -0.805. The van der Waals surface area contributed by atoms with Gasteiger partial charge in [-0.2, -0.15) is 0 Å². The van der Waals surface area contributed by atoms with E-state index >= 15 is 0 Å². The minimum absolute atomic E-state index is 0.135. The summed E-state index contributed by atoms with van der Waals surface area (Å²) in [5.41, 5.74) is 0. The highest BCUT2D eigenvalue weighted by atomic mass is 16.3. The maximum Gasteiger partial charge on any atom is 0.220 e. The molecule has 4 N–H and O–H groups in total.